The van der Waals surface area contributed by atoms with E-state index < -0.39 is 6.10 Å². The van der Waals surface area contributed by atoms with Crippen molar-refractivity contribution < 1.29 is 14.6 Å². The second-order valence-electron chi connectivity index (χ2n) is 3.90. The number of hydrogen-bond donors (Lipinski definition) is 1. The highest BCUT2D eigenvalue weighted by molar-refractivity contribution is 7.12. The predicted molar refractivity (Wildman–Crippen MR) is 65.7 cm³/mol. The summed E-state index contributed by atoms with van der Waals surface area (Å²) in [7, 11) is 0. The van der Waals surface area contributed by atoms with E-state index >= 15 is 0 Å². The highest BCUT2D eigenvalue weighted by atomic mass is 32.1. The maximum absolute atomic E-state index is 10.3. The van der Waals surface area contributed by atoms with E-state index in [1.165, 1.54) is 11.3 Å². The van der Waals surface area contributed by atoms with Crippen LogP contribution in [0.1, 0.15) is 21.4 Å². The summed E-state index contributed by atoms with van der Waals surface area (Å²) >= 11 is 1.52. The molecule has 1 aromatic carbocycles. The van der Waals surface area contributed by atoms with Crippen molar-refractivity contribution in [3.05, 3.63) is 45.6 Å². The molecule has 17 heavy (non-hydrogen) atoms. The van der Waals surface area contributed by atoms with E-state index in [2.05, 4.69) is 0 Å². The van der Waals surface area contributed by atoms with Gasteiger partial charge in [-0.05, 0) is 12.5 Å². The Balaban J connectivity index is 2.03. The minimum Gasteiger partial charge on any atom is -0.452 e. The predicted octanol–water partition coefficient (Wildman–Crippen LogP) is 2.87. The minimum atomic E-state index is -0.648. The molecule has 0 saturated carbocycles. The first kappa shape index (κ1) is 10.6. The number of hydrogen-bond acceptors (Lipinski definition) is 4. The van der Waals surface area contributed by atoms with Gasteiger partial charge in [-0.1, -0.05) is 30.3 Å². The molecule has 0 radical (unpaired) electrons. The van der Waals surface area contributed by atoms with Crippen molar-refractivity contribution in [1.29, 1.82) is 0 Å². The second kappa shape index (κ2) is 4.05. The quantitative estimate of drug-likeness (QED) is 0.888. The van der Waals surface area contributed by atoms with Gasteiger partial charge in [-0.2, -0.15) is 0 Å². The van der Waals surface area contributed by atoms with E-state index in [4.69, 9.17) is 9.47 Å². The molecule has 88 valence electrons. The van der Waals surface area contributed by atoms with Gasteiger partial charge in [0.1, 0.15) is 6.10 Å². The van der Waals surface area contributed by atoms with E-state index in [1.54, 1.807) is 0 Å². The van der Waals surface area contributed by atoms with Crippen molar-refractivity contribution in [2.45, 2.75) is 13.0 Å². The van der Waals surface area contributed by atoms with Crippen molar-refractivity contribution in [3.8, 4) is 11.5 Å². The first-order valence-corrected chi connectivity index (χ1v) is 6.21. The summed E-state index contributed by atoms with van der Waals surface area (Å²) in [5, 5.41) is 10.3. The van der Waals surface area contributed by atoms with E-state index in [9.17, 15) is 5.11 Å². The van der Waals surface area contributed by atoms with E-state index in [1.807, 2.05) is 37.3 Å². The molecule has 3 rings (SSSR count). The van der Waals surface area contributed by atoms with Crippen LogP contribution < -0.4 is 9.47 Å². The van der Waals surface area contributed by atoms with Gasteiger partial charge in [0, 0.05) is 4.88 Å². The average Bonchev–Trinajstić information content (AvgIpc) is 2.94. The molecular formula is C13H12O3S. The SMILES string of the molecule is Cc1sc(C(O)c2ccccc2)c2c1OCO2. The standard InChI is InChI=1S/C13H12O3S/c1-8-11-12(16-7-15-11)13(17-8)10(14)9-5-3-2-4-6-9/h2-6,10,14H,7H2,1H3. The van der Waals surface area contributed by atoms with Crippen LogP contribution in [0.15, 0.2) is 30.3 Å². The largest absolute Gasteiger partial charge is 0.452 e. The molecule has 1 N–H and O–H groups in total. The number of aliphatic hydroxyl groups is 1. The third-order valence-electron chi connectivity index (χ3n) is 2.78. The zero-order chi connectivity index (χ0) is 11.8. The van der Waals surface area contributed by atoms with Crippen LogP contribution in [0.25, 0.3) is 0 Å². The van der Waals surface area contributed by atoms with E-state index in [-0.39, 0.29) is 6.79 Å². The van der Waals surface area contributed by atoms with Crippen LogP contribution in [-0.2, 0) is 0 Å². The molecule has 0 aliphatic carbocycles. The van der Waals surface area contributed by atoms with Gasteiger partial charge < -0.3 is 14.6 Å². The third kappa shape index (κ3) is 1.69. The Morgan fingerprint density at radius 3 is 2.65 bits per heavy atom. The molecule has 0 saturated heterocycles. The number of aryl methyl sites for hydroxylation is 1. The van der Waals surface area contributed by atoms with Crippen LogP contribution in [0.2, 0.25) is 0 Å². The van der Waals surface area contributed by atoms with Crippen LogP contribution in [0, 0.1) is 6.92 Å². The van der Waals surface area contributed by atoms with Gasteiger partial charge >= 0.3 is 0 Å². The first-order valence-electron chi connectivity index (χ1n) is 5.39. The van der Waals surface area contributed by atoms with Gasteiger partial charge in [-0.15, -0.1) is 11.3 Å². The zero-order valence-corrected chi connectivity index (χ0v) is 10.2. The van der Waals surface area contributed by atoms with Crippen LogP contribution >= 0.6 is 11.3 Å². The zero-order valence-electron chi connectivity index (χ0n) is 9.34. The fourth-order valence-corrected chi connectivity index (χ4v) is 3.01. The maximum Gasteiger partial charge on any atom is 0.231 e. The lowest BCUT2D eigenvalue weighted by Crippen LogP contribution is -2.00. The van der Waals surface area contributed by atoms with Gasteiger partial charge in [0.2, 0.25) is 6.79 Å². The topological polar surface area (TPSA) is 38.7 Å². The highest BCUT2D eigenvalue weighted by Gasteiger charge is 2.28. The number of aliphatic hydroxyl groups excluding tert-OH is 1. The Hall–Kier alpha value is -1.52. The number of ether oxygens (including phenoxy) is 2. The number of thiophene rings is 1. The van der Waals surface area contributed by atoms with Crippen molar-refractivity contribution in [2.24, 2.45) is 0 Å². The third-order valence-corrected chi connectivity index (χ3v) is 3.90. The van der Waals surface area contributed by atoms with Crippen LogP contribution in [-0.4, -0.2) is 11.9 Å². The fraction of sp³-hybridized carbons (Fsp3) is 0.231. The van der Waals surface area contributed by atoms with Crippen molar-refractivity contribution in [1.82, 2.24) is 0 Å². The van der Waals surface area contributed by atoms with Crippen LogP contribution in [0.5, 0.6) is 11.5 Å². The van der Waals surface area contributed by atoms with Crippen molar-refractivity contribution >= 4 is 11.3 Å². The van der Waals surface area contributed by atoms with Gasteiger partial charge in [0.25, 0.3) is 0 Å². The van der Waals surface area contributed by atoms with Crippen molar-refractivity contribution in [3.63, 3.8) is 0 Å². The molecule has 3 nitrogen and oxygen atoms in total. The molecule has 2 heterocycles. The molecular weight excluding hydrogens is 236 g/mol. The van der Waals surface area contributed by atoms with Gasteiger partial charge in [0.05, 0.1) is 4.88 Å². The molecule has 1 aliphatic heterocycles. The number of fused-ring (bicyclic) bond motifs is 1. The molecule has 4 heteroatoms. The van der Waals surface area contributed by atoms with E-state index in [0.29, 0.717) is 5.75 Å². The summed E-state index contributed by atoms with van der Waals surface area (Å²) in [6.45, 7) is 2.22. The summed E-state index contributed by atoms with van der Waals surface area (Å²) in [6, 6.07) is 9.57. The summed E-state index contributed by atoms with van der Waals surface area (Å²) in [5.41, 5.74) is 0.868. The molecule has 1 unspecified atom stereocenters. The monoisotopic (exact) mass is 248 g/mol. The summed E-state index contributed by atoms with van der Waals surface area (Å²) in [6.07, 6.45) is -0.648. The lowest BCUT2D eigenvalue weighted by molar-refractivity contribution is 0.167. The molecule has 0 spiro atoms. The smallest absolute Gasteiger partial charge is 0.231 e. The molecule has 1 aliphatic rings. The minimum absolute atomic E-state index is 0.244. The van der Waals surface area contributed by atoms with Crippen LogP contribution in [0.3, 0.4) is 0 Å². The molecule has 0 amide bonds. The Bertz CT molecular complexity index is 533. The molecule has 0 fully saturated rings. The summed E-state index contributed by atoms with van der Waals surface area (Å²) < 4.78 is 10.8. The molecule has 0 bridgehead atoms. The Morgan fingerprint density at radius 2 is 1.88 bits per heavy atom. The van der Waals surface area contributed by atoms with E-state index in [0.717, 1.165) is 21.1 Å². The van der Waals surface area contributed by atoms with Gasteiger partial charge in [-0.25, -0.2) is 0 Å². The maximum atomic E-state index is 10.3. The van der Waals surface area contributed by atoms with Gasteiger partial charge in [-0.3, -0.25) is 0 Å². The fourth-order valence-electron chi connectivity index (χ4n) is 1.95. The van der Waals surface area contributed by atoms with Gasteiger partial charge in [0.15, 0.2) is 11.5 Å². The Morgan fingerprint density at radius 1 is 1.18 bits per heavy atom. The second-order valence-corrected chi connectivity index (χ2v) is 5.16. The normalized spacial score (nSPS) is 14.9. The summed E-state index contributed by atoms with van der Waals surface area (Å²) in [4.78, 5) is 1.86. The van der Waals surface area contributed by atoms with Crippen LogP contribution in [0.4, 0.5) is 0 Å². The Labute approximate surface area is 103 Å². The Kier molecular flexibility index (Phi) is 2.53. The lowest BCUT2D eigenvalue weighted by Gasteiger charge is -2.09. The lowest BCUT2D eigenvalue weighted by atomic mass is 10.1. The number of benzene rings is 1. The molecule has 2 aromatic rings. The first-order chi connectivity index (χ1) is 8.27. The number of rotatable bonds is 2. The average molecular weight is 248 g/mol. The molecule has 1 atom stereocenters. The van der Waals surface area contributed by atoms with Crippen molar-refractivity contribution in [2.75, 3.05) is 6.79 Å². The molecule has 1 aromatic heterocycles. The highest BCUT2D eigenvalue weighted by Crippen LogP contribution is 2.48. The summed E-state index contributed by atoms with van der Waals surface area (Å²) in [5.74, 6) is 1.48.